The molecule has 0 bridgehead atoms. The standard InChI is InChI=1S/C17H22FN3O2/c1-19-16(22)11-20-6-8-21(9-7-20)17(23)15-10-14(15)12-2-4-13(18)5-3-12/h2-5,14-15H,6-11H2,1H3,(H,19,22). The van der Waals surface area contributed by atoms with E-state index in [9.17, 15) is 14.0 Å². The number of carbonyl (C=O) groups excluding carboxylic acids is 2. The summed E-state index contributed by atoms with van der Waals surface area (Å²) >= 11 is 0. The third-order valence-corrected chi connectivity index (χ3v) is 4.74. The molecule has 1 heterocycles. The fourth-order valence-corrected chi connectivity index (χ4v) is 3.19. The Morgan fingerprint density at radius 2 is 1.83 bits per heavy atom. The number of rotatable bonds is 4. The molecule has 1 aromatic carbocycles. The fraction of sp³-hybridized carbons (Fsp3) is 0.529. The van der Waals surface area contributed by atoms with E-state index >= 15 is 0 Å². The molecule has 6 heteroatoms. The first kappa shape index (κ1) is 15.9. The molecule has 3 rings (SSSR count). The van der Waals surface area contributed by atoms with Crippen molar-refractivity contribution in [1.82, 2.24) is 15.1 Å². The first-order valence-corrected chi connectivity index (χ1v) is 8.05. The summed E-state index contributed by atoms with van der Waals surface area (Å²) in [6.45, 7) is 3.19. The molecule has 23 heavy (non-hydrogen) atoms. The highest BCUT2D eigenvalue weighted by Gasteiger charge is 2.46. The normalized spacial score (nSPS) is 24.3. The zero-order chi connectivity index (χ0) is 16.4. The van der Waals surface area contributed by atoms with Crippen molar-refractivity contribution in [3.63, 3.8) is 0 Å². The van der Waals surface area contributed by atoms with Crippen molar-refractivity contribution in [2.75, 3.05) is 39.8 Å². The SMILES string of the molecule is CNC(=O)CN1CCN(C(=O)C2CC2c2ccc(F)cc2)CC1. The Labute approximate surface area is 135 Å². The first-order chi connectivity index (χ1) is 11.1. The largest absolute Gasteiger partial charge is 0.358 e. The Kier molecular flexibility index (Phi) is 4.61. The number of hydrogen-bond acceptors (Lipinski definition) is 3. The van der Waals surface area contributed by atoms with Gasteiger partial charge in [0.05, 0.1) is 6.54 Å². The van der Waals surface area contributed by atoms with Gasteiger partial charge in [0.15, 0.2) is 0 Å². The number of halogens is 1. The lowest BCUT2D eigenvalue weighted by Gasteiger charge is -2.34. The van der Waals surface area contributed by atoms with E-state index in [1.807, 2.05) is 4.90 Å². The van der Waals surface area contributed by atoms with Gasteiger partial charge in [0.1, 0.15) is 5.82 Å². The number of nitrogens with one attached hydrogen (secondary N) is 1. The zero-order valence-corrected chi connectivity index (χ0v) is 13.3. The van der Waals surface area contributed by atoms with Crippen LogP contribution in [-0.2, 0) is 9.59 Å². The Hall–Kier alpha value is -1.95. The van der Waals surface area contributed by atoms with Crippen molar-refractivity contribution in [3.05, 3.63) is 35.6 Å². The molecule has 1 saturated heterocycles. The van der Waals surface area contributed by atoms with Gasteiger partial charge in [-0.1, -0.05) is 12.1 Å². The molecule has 124 valence electrons. The molecular formula is C17H22FN3O2. The smallest absolute Gasteiger partial charge is 0.233 e. The van der Waals surface area contributed by atoms with Gasteiger partial charge < -0.3 is 10.2 Å². The summed E-state index contributed by atoms with van der Waals surface area (Å²) in [7, 11) is 1.63. The molecular weight excluding hydrogens is 297 g/mol. The summed E-state index contributed by atoms with van der Waals surface area (Å²) < 4.78 is 13.0. The van der Waals surface area contributed by atoms with Crippen molar-refractivity contribution in [3.8, 4) is 0 Å². The highest BCUT2D eigenvalue weighted by atomic mass is 19.1. The van der Waals surface area contributed by atoms with E-state index < -0.39 is 0 Å². The number of nitrogens with zero attached hydrogens (tertiary/aromatic N) is 2. The Morgan fingerprint density at radius 3 is 2.43 bits per heavy atom. The molecule has 1 saturated carbocycles. The van der Waals surface area contributed by atoms with Crippen molar-refractivity contribution in [2.45, 2.75) is 12.3 Å². The lowest BCUT2D eigenvalue weighted by atomic mass is 10.1. The van der Waals surface area contributed by atoms with Crippen molar-refractivity contribution < 1.29 is 14.0 Å². The van der Waals surface area contributed by atoms with E-state index in [1.165, 1.54) is 12.1 Å². The maximum Gasteiger partial charge on any atom is 0.233 e. The van der Waals surface area contributed by atoms with E-state index in [0.717, 1.165) is 25.1 Å². The Bertz CT molecular complexity index is 582. The molecule has 0 aromatic heterocycles. The second-order valence-corrected chi connectivity index (χ2v) is 6.27. The van der Waals surface area contributed by atoms with E-state index in [2.05, 4.69) is 10.2 Å². The highest BCUT2D eigenvalue weighted by Crippen LogP contribution is 2.48. The van der Waals surface area contributed by atoms with Crippen molar-refractivity contribution in [1.29, 1.82) is 0 Å². The van der Waals surface area contributed by atoms with Crippen molar-refractivity contribution in [2.24, 2.45) is 5.92 Å². The third kappa shape index (κ3) is 3.69. The predicted molar refractivity (Wildman–Crippen MR) is 84.3 cm³/mol. The summed E-state index contributed by atoms with van der Waals surface area (Å²) in [5.74, 6) is 0.213. The minimum atomic E-state index is -0.246. The van der Waals surface area contributed by atoms with Gasteiger partial charge in [-0.2, -0.15) is 0 Å². The summed E-state index contributed by atoms with van der Waals surface area (Å²) in [5, 5.41) is 2.61. The molecule has 2 unspecified atom stereocenters. The quantitative estimate of drug-likeness (QED) is 0.894. The monoisotopic (exact) mass is 319 g/mol. The van der Waals surface area contributed by atoms with Gasteiger partial charge in [0, 0.05) is 39.1 Å². The summed E-state index contributed by atoms with van der Waals surface area (Å²) in [4.78, 5) is 27.9. The fourth-order valence-electron chi connectivity index (χ4n) is 3.19. The van der Waals surface area contributed by atoms with Crippen LogP contribution in [0.15, 0.2) is 24.3 Å². The summed E-state index contributed by atoms with van der Waals surface area (Å²) in [5.41, 5.74) is 1.04. The minimum absolute atomic E-state index is 0.00310. The number of piperazine rings is 1. The van der Waals surface area contributed by atoms with Crippen LogP contribution in [0.3, 0.4) is 0 Å². The predicted octanol–water partition coefficient (Wildman–Crippen LogP) is 0.819. The Morgan fingerprint density at radius 1 is 1.17 bits per heavy atom. The van der Waals surface area contributed by atoms with Gasteiger partial charge in [-0.25, -0.2) is 4.39 Å². The van der Waals surface area contributed by atoms with Gasteiger partial charge in [-0.15, -0.1) is 0 Å². The minimum Gasteiger partial charge on any atom is -0.358 e. The highest BCUT2D eigenvalue weighted by molar-refractivity contribution is 5.83. The van der Waals surface area contributed by atoms with E-state index in [4.69, 9.17) is 0 Å². The van der Waals surface area contributed by atoms with Crippen LogP contribution in [0.1, 0.15) is 17.9 Å². The number of benzene rings is 1. The van der Waals surface area contributed by atoms with Gasteiger partial charge in [-0.3, -0.25) is 14.5 Å². The van der Waals surface area contributed by atoms with Crippen LogP contribution in [0, 0.1) is 11.7 Å². The lowest BCUT2D eigenvalue weighted by Crippen LogP contribution is -2.51. The topological polar surface area (TPSA) is 52.7 Å². The van der Waals surface area contributed by atoms with Gasteiger partial charge in [0.2, 0.25) is 11.8 Å². The molecule has 1 aliphatic carbocycles. The Balaban J connectivity index is 1.49. The third-order valence-electron chi connectivity index (χ3n) is 4.74. The summed E-state index contributed by atoms with van der Waals surface area (Å²) in [6, 6.07) is 6.45. The maximum absolute atomic E-state index is 13.0. The molecule has 5 nitrogen and oxygen atoms in total. The van der Waals surface area contributed by atoms with Crippen LogP contribution in [0.4, 0.5) is 4.39 Å². The number of hydrogen-bond donors (Lipinski definition) is 1. The molecule has 2 amide bonds. The van der Waals surface area contributed by atoms with Crippen LogP contribution in [0.5, 0.6) is 0 Å². The van der Waals surface area contributed by atoms with Crippen LogP contribution >= 0.6 is 0 Å². The second-order valence-electron chi connectivity index (χ2n) is 6.27. The van der Waals surface area contributed by atoms with Gasteiger partial charge in [-0.05, 0) is 30.0 Å². The maximum atomic E-state index is 13.0. The molecule has 2 fully saturated rings. The lowest BCUT2D eigenvalue weighted by molar-refractivity contribution is -0.134. The molecule has 1 aromatic rings. The zero-order valence-electron chi connectivity index (χ0n) is 13.3. The van der Waals surface area contributed by atoms with Crippen LogP contribution in [-0.4, -0.2) is 61.4 Å². The molecule has 1 aliphatic heterocycles. The molecule has 0 spiro atoms. The van der Waals surface area contributed by atoms with Crippen LogP contribution in [0.2, 0.25) is 0 Å². The molecule has 2 aliphatic rings. The first-order valence-electron chi connectivity index (χ1n) is 8.05. The number of likely N-dealkylation sites (N-methyl/N-ethyl adjacent to an activating group) is 1. The van der Waals surface area contributed by atoms with E-state index in [-0.39, 0.29) is 29.5 Å². The van der Waals surface area contributed by atoms with E-state index in [1.54, 1.807) is 19.2 Å². The molecule has 0 radical (unpaired) electrons. The average molecular weight is 319 g/mol. The number of carbonyl (C=O) groups is 2. The van der Waals surface area contributed by atoms with Crippen LogP contribution in [0.25, 0.3) is 0 Å². The van der Waals surface area contributed by atoms with Gasteiger partial charge in [0.25, 0.3) is 0 Å². The second kappa shape index (κ2) is 6.66. The van der Waals surface area contributed by atoms with E-state index in [0.29, 0.717) is 19.6 Å². The van der Waals surface area contributed by atoms with Crippen LogP contribution < -0.4 is 5.32 Å². The number of amides is 2. The van der Waals surface area contributed by atoms with Crippen molar-refractivity contribution >= 4 is 11.8 Å². The average Bonchev–Trinajstić information content (AvgIpc) is 3.36. The summed E-state index contributed by atoms with van der Waals surface area (Å²) in [6.07, 6.45) is 0.850. The molecule has 2 atom stereocenters. The molecule has 1 N–H and O–H groups in total. The van der Waals surface area contributed by atoms with Gasteiger partial charge >= 0.3 is 0 Å².